The molecule has 150 valence electrons. The van der Waals surface area contributed by atoms with Crippen molar-refractivity contribution in [1.29, 1.82) is 0 Å². The number of hydrogen-bond acceptors (Lipinski definition) is 8. The van der Waals surface area contributed by atoms with Crippen LogP contribution in [0.3, 0.4) is 0 Å². The third-order valence-corrected chi connectivity index (χ3v) is 3.04. The summed E-state index contributed by atoms with van der Waals surface area (Å²) in [6.07, 6.45) is 5.70. The lowest BCUT2D eigenvalue weighted by Crippen LogP contribution is -2.09. The molecule has 1 rings (SSSR count). The largest absolute Gasteiger partial charge is 0.466 e. The topological polar surface area (TPSA) is 115 Å². The predicted octanol–water partition coefficient (Wildman–Crippen LogP) is 1.59. The van der Waals surface area contributed by atoms with Crippen molar-refractivity contribution in [3.8, 4) is 35.8 Å². The van der Waals surface area contributed by atoms with Gasteiger partial charge in [0.2, 0.25) is 0 Å². The highest BCUT2D eigenvalue weighted by atomic mass is 17.2. The van der Waals surface area contributed by atoms with Crippen LogP contribution in [0.1, 0.15) is 25.3 Å². The molecule has 0 fully saturated rings. The molecule has 1 aromatic rings. The number of nitrogens with two attached hydrogens (primary N) is 2. The summed E-state index contributed by atoms with van der Waals surface area (Å²) in [6, 6.07) is 9.28. The summed E-state index contributed by atoms with van der Waals surface area (Å²) in [7, 11) is 0. The monoisotopic (exact) mass is 388 g/mol. The van der Waals surface area contributed by atoms with Gasteiger partial charge in [0.25, 0.3) is 0 Å². The van der Waals surface area contributed by atoms with Gasteiger partial charge in [0.15, 0.2) is 0 Å². The highest BCUT2D eigenvalue weighted by Gasteiger charge is 2.08. The summed E-state index contributed by atoms with van der Waals surface area (Å²) in [6.45, 7) is 6.42. The number of carbonyl (C=O) groups is 1. The molecule has 0 aromatic heterocycles. The van der Waals surface area contributed by atoms with Gasteiger partial charge in [-0.25, -0.2) is 9.78 Å². The number of aryl methyl sites for hydroxylation is 1. The lowest BCUT2D eigenvalue weighted by molar-refractivity contribution is -0.288. The van der Waals surface area contributed by atoms with Crippen LogP contribution in [-0.2, 0) is 25.7 Å². The molecule has 28 heavy (non-hydrogen) atoms. The molecule has 0 radical (unpaired) electrons. The number of benzene rings is 1. The Morgan fingerprint density at radius 2 is 1.68 bits per heavy atom. The molecule has 8 nitrogen and oxygen atoms in total. The molecule has 0 unspecified atom stereocenters. The predicted molar refractivity (Wildman–Crippen MR) is 102 cm³/mol. The summed E-state index contributed by atoms with van der Waals surface area (Å²) in [5.74, 6) is 0.481. The van der Waals surface area contributed by atoms with Gasteiger partial charge in [-0.05, 0) is 31.0 Å². The van der Waals surface area contributed by atoms with Crippen molar-refractivity contribution in [3.63, 3.8) is 0 Å². The lowest BCUT2D eigenvalue weighted by Gasteiger charge is -2.08. The van der Waals surface area contributed by atoms with Gasteiger partial charge in [0.05, 0.1) is 13.2 Å². The number of hydrogen-bond donors (Lipinski definition) is 2. The highest BCUT2D eigenvalue weighted by molar-refractivity contribution is 5.69. The Kier molecular flexibility index (Phi) is 11.2. The second-order valence-electron chi connectivity index (χ2n) is 5.62. The SMILES string of the molecule is C=C(C)COOCCCOC(=O)CCc1cc(OC#CN)cc(OC#CN)c1. The van der Waals surface area contributed by atoms with Gasteiger partial charge < -0.3 is 25.7 Å². The minimum atomic E-state index is -0.333. The molecule has 8 heteroatoms. The van der Waals surface area contributed by atoms with Crippen LogP contribution in [0.2, 0.25) is 0 Å². The normalized spacial score (nSPS) is 9.32. The maximum Gasteiger partial charge on any atom is 0.306 e. The Hall–Kier alpha value is -3.33. The molecule has 0 saturated carbocycles. The third kappa shape index (κ3) is 10.6. The molecule has 0 aliphatic heterocycles. The quantitative estimate of drug-likeness (QED) is 0.105. The fourth-order valence-electron chi connectivity index (χ4n) is 1.89. The molecule has 0 bridgehead atoms. The first kappa shape index (κ1) is 22.7. The fraction of sp³-hybridized carbons (Fsp3) is 0.350. The average molecular weight is 388 g/mol. The molecular formula is C20H24N2O6. The Bertz CT molecular complexity index is 730. The van der Waals surface area contributed by atoms with E-state index < -0.39 is 0 Å². The molecule has 1 aromatic carbocycles. The highest BCUT2D eigenvalue weighted by Crippen LogP contribution is 2.24. The lowest BCUT2D eigenvalue weighted by atomic mass is 10.1. The summed E-state index contributed by atoms with van der Waals surface area (Å²) < 4.78 is 15.5. The molecular weight excluding hydrogens is 364 g/mol. The van der Waals surface area contributed by atoms with Crippen LogP contribution in [-0.4, -0.2) is 25.8 Å². The molecule has 4 N–H and O–H groups in total. The second kappa shape index (κ2) is 13.8. The van der Waals surface area contributed by atoms with Crippen molar-refractivity contribution in [1.82, 2.24) is 0 Å². The molecule has 0 saturated heterocycles. The Labute approximate surface area is 164 Å². The van der Waals surface area contributed by atoms with Gasteiger partial charge >= 0.3 is 5.97 Å². The number of esters is 1. The maximum absolute atomic E-state index is 11.9. The molecule has 0 spiro atoms. The molecule has 0 atom stereocenters. The van der Waals surface area contributed by atoms with E-state index in [0.29, 0.717) is 37.6 Å². The van der Waals surface area contributed by atoms with E-state index in [2.05, 4.69) is 30.9 Å². The van der Waals surface area contributed by atoms with Crippen molar-refractivity contribution in [2.75, 3.05) is 19.8 Å². The zero-order valence-corrected chi connectivity index (χ0v) is 15.8. The summed E-state index contributed by atoms with van der Waals surface area (Å²) in [4.78, 5) is 21.7. The minimum Gasteiger partial charge on any atom is -0.466 e. The fourth-order valence-corrected chi connectivity index (χ4v) is 1.89. The van der Waals surface area contributed by atoms with Crippen LogP contribution in [0.15, 0.2) is 30.4 Å². The standard InChI is InChI=1S/C20H24N2O6/c1-16(2)15-28-27-9-3-8-26-20(23)5-4-17-12-18(24-10-6-21)14-19(13-17)25-11-7-22/h12-14H,1,3-5,8-9,15,21-22H2,2H3. The zero-order valence-electron chi connectivity index (χ0n) is 15.8. The second-order valence-corrected chi connectivity index (χ2v) is 5.62. The first-order valence-electron chi connectivity index (χ1n) is 8.48. The maximum atomic E-state index is 11.9. The Morgan fingerprint density at radius 1 is 1.04 bits per heavy atom. The van der Waals surface area contributed by atoms with Gasteiger partial charge in [-0.2, -0.15) is 0 Å². The van der Waals surface area contributed by atoms with Gasteiger partial charge in [0, 0.05) is 31.0 Å². The number of ether oxygens (including phenoxy) is 3. The van der Waals surface area contributed by atoms with Crippen LogP contribution >= 0.6 is 0 Å². The number of rotatable bonds is 12. The van der Waals surface area contributed by atoms with E-state index in [1.54, 1.807) is 18.2 Å². The smallest absolute Gasteiger partial charge is 0.306 e. The Morgan fingerprint density at radius 3 is 2.25 bits per heavy atom. The summed E-state index contributed by atoms with van der Waals surface area (Å²) >= 11 is 0. The average Bonchev–Trinajstić information content (AvgIpc) is 2.68. The zero-order chi connectivity index (χ0) is 20.6. The molecule has 0 aliphatic carbocycles. The van der Waals surface area contributed by atoms with Crippen LogP contribution in [0, 0.1) is 24.3 Å². The summed E-state index contributed by atoms with van der Waals surface area (Å²) in [5.41, 5.74) is 11.8. The van der Waals surface area contributed by atoms with E-state index in [4.69, 9.17) is 35.5 Å². The van der Waals surface area contributed by atoms with Gasteiger partial charge in [0.1, 0.15) is 30.3 Å². The van der Waals surface area contributed by atoms with Crippen molar-refractivity contribution in [2.45, 2.75) is 26.2 Å². The van der Waals surface area contributed by atoms with Gasteiger partial charge in [-0.15, -0.1) is 0 Å². The molecule has 0 amide bonds. The third-order valence-electron chi connectivity index (χ3n) is 3.04. The summed E-state index contributed by atoms with van der Waals surface area (Å²) in [5, 5.41) is 0. The molecule has 0 aliphatic rings. The first-order chi connectivity index (χ1) is 13.5. The van der Waals surface area contributed by atoms with E-state index in [-0.39, 0.29) is 19.0 Å². The van der Waals surface area contributed by atoms with Crippen molar-refractivity contribution < 1.29 is 28.8 Å². The van der Waals surface area contributed by atoms with E-state index in [1.807, 2.05) is 6.92 Å². The van der Waals surface area contributed by atoms with E-state index >= 15 is 0 Å². The van der Waals surface area contributed by atoms with Crippen LogP contribution in [0.5, 0.6) is 11.5 Å². The van der Waals surface area contributed by atoms with Gasteiger partial charge in [-0.1, -0.05) is 12.2 Å². The van der Waals surface area contributed by atoms with Crippen molar-refractivity contribution >= 4 is 5.97 Å². The van der Waals surface area contributed by atoms with Crippen LogP contribution in [0.25, 0.3) is 0 Å². The van der Waals surface area contributed by atoms with E-state index in [9.17, 15) is 4.79 Å². The van der Waals surface area contributed by atoms with Crippen LogP contribution in [0.4, 0.5) is 0 Å². The van der Waals surface area contributed by atoms with Gasteiger partial charge in [-0.3, -0.25) is 4.79 Å². The van der Waals surface area contributed by atoms with E-state index in [0.717, 1.165) is 11.1 Å². The first-order valence-corrected chi connectivity index (χ1v) is 8.48. The Balaban J connectivity index is 2.42. The van der Waals surface area contributed by atoms with Crippen LogP contribution < -0.4 is 20.9 Å². The molecule has 0 heterocycles. The minimum absolute atomic E-state index is 0.182. The van der Waals surface area contributed by atoms with E-state index in [1.165, 1.54) is 0 Å². The number of carbonyl (C=O) groups excluding carboxylic acids is 1. The van der Waals surface area contributed by atoms with Crippen molar-refractivity contribution in [2.24, 2.45) is 11.5 Å². The van der Waals surface area contributed by atoms with Crippen molar-refractivity contribution in [3.05, 3.63) is 35.9 Å².